The molecule has 2 aromatic heterocycles. The molecule has 5 aromatic rings. The lowest BCUT2D eigenvalue weighted by Crippen LogP contribution is -2.18. The molecule has 0 saturated heterocycles. The maximum Gasteiger partial charge on any atom is 0.274 e. The largest absolute Gasteiger partial charge is 0.302 e. The van der Waals surface area contributed by atoms with Gasteiger partial charge in [-0.3, -0.25) is 19.5 Å². The van der Waals surface area contributed by atoms with Crippen LogP contribution >= 0.6 is 0 Å². The van der Waals surface area contributed by atoms with Crippen LogP contribution in [0.25, 0.3) is 33.4 Å². The monoisotopic (exact) mass is 465 g/mol. The molecule has 0 aliphatic heterocycles. The molecular formula is C27H23N5O3. The highest BCUT2D eigenvalue weighted by Gasteiger charge is 2.14. The van der Waals surface area contributed by atoms with Gasteiger partial charge in [0, 0.05) is 18.2 Å². The van der Waals surface area contributed by atoms with Gasteiger partial charge >= 0.3 is 0 Å². The summed E-state index contributed by atoms with van der Waals surface area (Å²) in [5, 5.41) is 14.3. The minimum Gasteiger partial charge on any atom is -0.302 e. The number of aromatic nitrogens is 4. The van der Waals surface area contributed by atoms with E-state index in [1.807, 2.05) is 48.0 Å². The SMILES string of the molecule is Cc1ccc(-c2cc(-c3ccc4ncn(C)c(=O)c4c3)nn2Cc2ccc(C(=O)NO)cc2)cc1. The molecule has 0 radical (unpaired) electrons. The van der Waals surface area contributed by atoms with E-state index in [1.165, 1.54) is 10.9 Å². The average molecular weight is 466 g/mol. The van der Waals surface area contributed by atoms with Crippen LogP contribution in [-0.2, 0) is 13.6 Å². The highest BCUT2D eigenvalue weighted by molar-refractivity contribution is 5.93. The van der Waals surface area contributed by atoms with E-state index in [2.05, 4.69) is 29.2 Å². The van der Waals surface area contributed by atoms with Crippen LogP contribution in [-0.4, -0.2) is 30.4 Å². The summed E-state index contributed by atoms with van der Waals surface area (Å²) in [6, 6.07) is 22.8. The molecular weight excluding hydrogens is 442 g/mol. The maximum atomic E-state index is 12.6. The summed E-state index contributed by atoms with van der Waals surface area (Å²) >= 11 is 0. The molecule has 5 rings (SSSR count). The van der Waals surface area contributed by atoms with Crippen LogP contribution in [0.4, 0.5) is 0 Å². The molecule has 3 aromatic carbocycles. The summed E-state index contributed by atoms with van der Waals surface area (Å²) in [5.41, 5.74) is 8.15. The molecule has 35 heavy (non-hydrogen) atoms. The highest BCUT2D eigenvalue weighted by atomic mass is 16.5. The van der Waals surface area contributed by atoms with E-state index >= 15 is 0 Å². The number of carbonyl (C=O) groups is 1. The van der Waals surface area contributed by atoms with E-state index in [9.17, 15) is 9.59 Å². The zero-order valence-corrected chi connectivity index (χ0v) is 19.3. The zero-order valence-electron chi connectivity index (χ0n) is 19.3. The lowest BCUT2D eigenvalue weighted by atomic mass is 10.1. The summed E-state index contributed by atoms with van der Waals surface area (Å²) in [7, 11) is 1.68. The normalized spacial score (nSPS) is 11.1. The predicted octanol–water partition coefficient (Wildman–Crippen LogP) is 3.94. The van der Waals surface area contributed by atoms with Crippen LogP contribution in [0, 0.1) is 6.92 Å². The van der Waals surface area contributed by atoms with E-state index in [4.69, 9.17) is 10.3 Å². The lowest BCUT2D eigenvalue weighted by Gasteiger charge is -2.09. The van der Waals surface area contributed by atoms with Gasteiger partial charge in [-0.1, -0.05) is 48.0 Å². The van der Waals surface area contributed by atoms with Gasteiger partial charge in [0.1, 0.15) is 0 Å². The van der Waals surface area contributed by atoms with E-state index in [1.54, 1.807) is 24.7 Å². The van der Waals surface area contributed by atoms with Crippen molar-refractivity contribution in [2.24, 2.45) is 7.05 Å². The number of benzene rings is 3. The number of hydrogen-bond acceptors (Lipinski definition) is 5. The van der Waals surface area contributed by atoms with Crippen LogP contribution < -0.4 is 11.0 Å². The van der Waals surface area contributed by atoms with Crippen LogP contribution in [0.5, 0.6) is 0 Å². The molecule has 174 valence electrons. The fourth-order valence-electron chi connectivity index (χ4n) is 4.00. The second-order valence-corrected chi connectivity index (χ2v) is 8.47. The van der Waals surface area contributed by atoms with Crippen molar-refractivity contribution >= 4 is 16.8 Å². The third-order valence-corrected chi connectivity index (χ3v) is 5.99. The van der Waals surface area contributed by atoms with Gasteiger partial charge in [-0.05, 0) is 48.4 Å². The first-order valence-electron chi connectivity index (χ1n) is 11.1. The molecule has 0 atom stereocenters. The number of carbonyl (C=O) groups excluding carboxylic acids is 1. The number of aryl methyl sites for hydroxylation is 2. The van der Waals surface area contributed by atoms with Crippen LogP contribution in [0.2, 0.25) is 0 Å². The van der Waals surface area contributed by atoms with Gasteiger partial charge in [-0.25, -0.2) is 10.5 Å². The molecule has 0 aliphatic rings. The first kappa shape index (κ1) is 22.2. The van der Waals surface area contributed by atoms with Crippen molar-refractivity contribution < 1.29 is 10.0 Å². The third-order valence-electron chi connectivity index (χ3n) is 5.99. The number of nitrogens with one attached hydrogen (secondary N) is 1. The number of hydroxylamine groups is 1. The smallest absolute Gasteiger partial charge is 0.274 e. The summed E-state index contributed by atoms with van der Waals surface area (Å²) in [4.78, 5) is 28.6. The minimum absolute atomic E-state index is 0.109. The molecule has 0 fully saturated rings. The Bertz CT molecular complexity index is 1600. The van der Waals surface area contributed by atoms with Gasteiger partial charge in [0.2, 0.25) is 0 Å². The van der Waals surface area contributed by atoms with E-state index in [0.717, 1.165) is 33.6 Å². The Morgan fingerprint density at radius 1 is 0.971 bits per heavy atom. The van der Waals surface area contributed by atoms with Gasteiger partial charge in [-0.2, -0.15) is 5.10 Å². The Kier molecular flexibility index (Phi) is 5.72. The zero-order chi connectivity index (χ0) is 24.5. The first-order valence-corrected chi connectivity index (χ1v) is 11.1. The number of nitrogens with zero attached hydrogens (tertiary/aromatic N) is 4. The fraction of sp³-hybridized carbons (Fsp3) is 0.111. The summed E-state index contributed by atoms with van der Waals surface area (Å²) in [6.07, 6.45) is 1.52. The Hall–Kier alpha value is -4.56. The van der Waals surface area contributed by atoms with Crippen molar-refractivity contribution in [1.29, 1.82) is 0 Å². The fourth-order valence-corrected chi connectivity index (χ4v) is 4.00. The van der Waals surface area contributed by atoms with E-state index in [0.29, 0.717) is 23.0 Å². The minimum atomic E-state index is -0.560. The first-order chi connectivity index (χ1) is 16.9. The number of rotatable bonds is 5. The quantitative estimate of drug-likeness (QED) is 0.302. The van der Waals surface area contributed by atoms with Gasteiger partial charge < -0.3 is 4.57 Å². The predicted molar refractivity (Wildman–Crippen MR) is 133 cm³/mol. The average Bonchev–Trinajstić information content (AvgIpc) is 3.30. The van der Waals surface area contributed by atoms with Crippen LogP contribution in [0.3, 0.4) is 0 Å². The van der Waals surface area contributed by atoms with Crippen molar-refractivity contribution in [2.45, 2.75) is 13.5 Å². The molecule has 0 aliphatic carbocycles. The number of hydrogen-bond donors (Lipinski definition) is 2. The lowest BCUT2D eigenvalue weighted by molar-refractivity contribution is 0.0706. The Labute approximate surface area is 201 Å². The van der Waals surface area contributed by atoms with Crippen molar-refractivity contribution in [1.82, 2.24) is 24.8 Å². The summed E-state index contributed by atoms with van der Waals surface area (Å²) in [5.74, 6) is -0.560. The molecule has 0 bridgehead atoms. The summed E-state index contributed by atoms with van der Waals surface area (Å²) < 4.78 is 3.37. The van der Waals surface area contributed by atoms with E-state index < -0.39 is 5.91 Å². The van der Waals surface area contributed by atoms with Crippen LogP contribution in [0.1, 0.15) is 21.5 Å². The summed E-state index contributed by atoms with van der Waals surface area (Å²) in [6.45, 7) is 2.52. The van der Waals surface area contributed by atoms with Gasteiger partial charge in [0.05, 0.1) is 35.2 Å². The van der Waals surface area contributed by atoms with Crippen molar-refractivity contribution in [3.8, 4) is 22.5 Å². The molecule has 2 N–H and O–H groups in total. The second-order valence-electron chi connectivity index (χ2n) is 8.47. The van der Waals surface area contributed by atoms with Crippen molar-refractivity contribution in [3.63, 3.8) is 0 Å². The second kappa shape index (κ2) is 9.00. The Morgan fingerprint density at radius 3 is 2.40 bits per heavy atom. The molecule has 8 nitrogen and oxygen atoms in total. The number of amides is 1. The van der Waals surface area contributed by atoms with Crippen LogP contribution in [0.15, 0.2) is 83.9 Å². The standard InChI is InChI=1S/C27H23N5O3/c1-17-3-7-19(8-4-17)25-14-24(21-11-12-23-22(13-21)27(34)31(2)16-28-23)29-32(25)15-18-5-9-20(10-6-18)26(33)30-35/h3-14,16,35H,15H2,1-2H3,(H,30,33). The van der Waals surface area contributed by atoms with E-state index in [-0.39, 0.29) is 5.56 Å². The number of fused-ring (bicyclic) bond motifs is 1. The topological polar surface area (TPSA) is 102 Å². The molecule has 0 saturated carbocycles. The third kappa shape index (κ3) is 4.34. The highest BCUT2D eigenvalue weighted by Crippen LogP contribution is 2.28. The molecule has 8 heteroatoms. The Balaban J connectivity index is 1.59. The van der Waals surface area contributed by atoms with Crippen molar-refractivity contribution in [2.75, 3.05) is 0 Å². The van der Waals surface area contributed by atoms with Crippen molar-refractivity contribution in [3.05, 3.63) is 106 Å². The molecule has 0 spiro atoms. The molecule has 0 unspecified atom stereocenters. The van der Waals surface area contributed by atoms with Gasteiger partial charge in [0.15, 0.2) is 0 Å². The molecule has 1 amide bonds. The molecule has 2 heterocycles. The van der Waals surface area contributed by atoms with Gasteiger partial charge in [-0.15, -0.1) is 0 Å². The Morgan fingerprint density at radius 2 is 1.69 bits per heavy atom. The maximum absolute atomic E-state index is 12.6. The van der Waals surface area contributed by atoms with Gasteiger partial charge in [0.25, 0.3) is 11.5 Å².